The number of rotatable bonds is 5. The van der Waals surface area contributed by atoms with Crippen molar-refractivity contribution in [2.45, 2.75) is 45.1 Å². The molecule has 0 bridgehead atoms. The first-order valence-electron chi connectivity index (χ1n) is 8.18. The van der Waals surface area contributed by atoms with E-state index in [1.165, 1.54) is 12.1 Å². The van der Waals surface area contributed by atoms with E-state index in [0.29, 0.717) is 5.65 Å². The molecule has 0 saturated heterocycles. The second kappa shape index (κ2) is 6.48. The maximum Gasteiger partial charge on any atom is 0.340 e. The number of pyridine rings is 1. The van der Waals surface area contributed by atoms with Crippen LogP contribution < -0.4 is 4.18 Å². The molecule has 7 heteroatoms. The van der Waals surface area contributed by atoms with E-state index < -0.39 is 10.1 Å². The highest BCUT2D eigenvalue weighted by atomic mass is 32.2. The van der Waals surface area contributed by atoms with E-state index in [9.17, 15) is 8.42 Å². The third-order valence-electron chi connectivity index (χ3n) is 4.26. The molecule has 3 rings (SSSR count). The van der Waals surface area contributed by atoms with Crippen LogP contribution in [0.3, 0.4) is 0 Å². The van der Waals surface area contributed by atoms with E-state index in [1.807, 2.05) is 20.8 Å². The molecule has 25 heavy (non-hydrogen) atoms. The van der Waals surface area contributed by atoms with Gasteiger partial charge in [0.2, 0.25) is 5.88 Å². The highest BCUT2D eigenvalue weighted by Gasteiger charge is 2.19. The van der Waals surface area contributed by atoms with E-state index in [2.05, 4.69) is 17.0 Å². The molecule has 3 aromatic rings. The van der Waals surface area contributed by atoms with E-state index in [0.717, 1.165) is 22.9 Å². The van der Waals surface area contributed by atoms with Crippen molar-refractivity contribution in [3.8, 4) is 5.88 Å². The summed E-state index contributed by atoms with van der Waals surface area (Å²) in [6.45, 7) is 7.89. The van der Waals surface area contributed by atoms with Gasteiger partial charge in [-0.2, -0.15) is 18.5 Å². The Kier molecular flexibility index (Phi) is 4.51. The first-order valence-corrected chi connectivity index (χ1v) is 9.58. The molecule has 0 aliphatic heterocycles. The number of aromatic nitrogens is 3. The molecule has 0 aliphatic rings. The number of hydrogen-bond donors (Lipinski definition) is 0. The summed E-state index contributed by atoms with van der Waals surface area (Å²) in [6, 6.07) is 8.30. The molecule has 1 aromatic carbocycles. The number of aryl methyl sites for hydroxylation is 2. The Balaban J connectivity index is 2.02. The Hall–Kier alpha value is -2.41. The van der Waals surface area contributed by atoms with Crippen LogP contribution in [0.25, 0.3) is 11.0 Å². The van der Waals surface area contributed by atoms with Gasteiger partial charge in [-0.15, -0.1) is 0 Å². The minimum Gasteiger partial charge on any atom is -0.358 e. The van der Waals surface area contributed by atoms with Crippen molar-refractivity contribution in [2.24, 2.45) is 0 Å². The van der Waals surface area contributed by atoms with E-state index in [-0.39, 0.29) is 16.8 Å². The van der Waals surface area contributed by atoms with Crippen molar-refractivity contribution >= 4 is 21.2 Å². The molecule has 0 spiro atoms. The van der Waals surface area contributed by atoms with Crippen LogP contribution in [0.2, 0.25) is 0 Å². The van der Waals surface area contributed by atoms with Gasteiger partial charge in [0.05, 0.1) is 12.2 Å². The minimum absolute atomic E-state index is 0.0515. The van der Waals surface area contributed by atoms with Crippen molar-refractivity contribution in [2.75, 3.05) is 0 Å². The summed E-state index contributed by atoms with van der Waals surface area (Å²) >= 11 is 0. The van der Waals surface area contributed by atoms with Crippen LogP contribution in [0.5, 0.6) is 5.88 Å². The van der Waals surface area contributed by atoms with Gasteiger partial charge in [0, 0.05) is 11.5 Å². The fraction of sp³-hybridized carbons (Fsp3) is 0.333. The largest absolute Gasteiger partial charge is 0.358 e. The van der Waals surface area contributed by atoms with Crippen LogP contribution in [0.1, 0.15) is 37.4 Å². The van der Waals surface area contributed by atoms with Crippen LogP contribution in [0.4, 0.5) is 0 Å². The monoisotopic (exact) mass is 359 g/mol. The molecule has 2 aromatic heterocycles. The van der Waals surface area contributed by atoms with Gasteiger partial charge < -0.3 is 4.18 Å². The third-order valence-corrected chi connectivity index (χ3v) is 5.50. The molecule has 0 saturated carbocycles. The van der Waals surface area contributed by atoms with Gasteiger partial charge >= 0.3 is 10.1 Å². The van der Waals surface area contributed by atoms with Gasteiger partial charge in [-0.25, -0.2) is 4.68 Å². The SMILES string of the molecule is CC[C@H](C)n1ncc2c(C)cc(OS(=O)(=O)c3ccc(C)cc3)nc21. The normalized spacial score (nSPS) is 13.1. The first-order chi connectivity index (χ1) is 11.8. The molecular formula is C18H21N3O3S. The zero-order chi connectivity index (χ0) is 18.2. The quantitative estimate of drug-likeness (QED) is 0.648. The molecule has 0 amide bonds. The van der Waals surface area contributed by atoms with Crippen LogP contribution in [-0.2, 0) is 10.1 Å². The van der Waals surface area contributed by atoms with Gasteiger partial charge in [0.1, 0.15) is 4.90 Å². The molecular weight excluding hydrogens is 338 g/mol. The number of fused-ring (bicyclic) bond motifs is 1. The molecule has 2 heterocycles. The van der Waals surface area contributed by atoms with Crippen molar-refractivity contribution in [3.63, 3.8) is 0 Å². The fourth-order valence-corrected chi connectivity index (χ4v) is 3.42. The number of benzene rings is 1. The summed E-state index contributed by atoms with van der Waals surface area (Å²) in [4.78, 5) is 4.50. The molecule has 0 unspecified atom stereocenters. The lowest BCUT2D eigenvalue weighted by atomic mass is 10.2. The van der Waals surface area contributed by atoms with Crippen molar-refractivity contribution in [1.82, 2.24) is 14.8 Å². The van der Waals surface area contributed by atoms with E-state index >= 15 is 0 Å². The summed E-state index contributed by atoms with van der Waals surface area (Å²) in [5, 5.41) is 5.27. The Bertz CT molecular complexity index is 1010. The van der Waals surface area contributed by atoms with Crippen LogP contribution in [-0.4, -0.2) is 23.2 Å². The highest BCUT2D eigenvalue weighted by Crippen LogP contribution is 2.26. The van der Waals surface area contributed by atoms with E-state index in [4.69, 9.17) is 4.18 Å². The predicted molar refractivity (Wildman–Crippen MR) is 96.3 cm³/mol. The Morgan fingerprint density at radius 1 is 1.20 bits per heavy atom. The Morgan fingerprint density at radius 2 is 1.88 bits per heavy atom. The first kappa shape index (κ1) is 17.4. The van der Waals surface area contributed by atoms with Crippen LogP contribution in [0, 0.1) is 13.8 Å². The number of hydrogen-bond acceptors (Lipinski definition) is 5. The fourth-order valence-electron chi connectivity index (χ4n) is 2.55. The highest BCUT2D eigenvalue weighted by molar-refractivity contribution is 7.87. The predicted octanol–water partition coefficient (Wildman–Crippen LogP) is 3.79. The average Bonchev–Trinajstić information content (AvgIpc) is 2.98. The third kappa shape index (κ3) is 3.37. The summed E-state index contributed by atoms with van der Waals surface area (Å²) in [5.74, 6) is 0.0515. The van der Waals surface area contributed by atoms with Gasteiger partial charge in [-0.1, -0.05) is 24.6 Å². The summed E-state index contributed by atoms with van der Waals surface area (Å²) < 4.78 is 32.1. The van der Waals surface area contributed by atoms with Crippen molar-refractivity contribution in [1.29, 1.82) is 0 Å². The lowest BCUT2D eigenvalue weighted by Crippen LogP contribution is -2.12. The van der Waals surface area contributed by atoms with Crippen LogP contribution >= 0.6 is 0 Å². The molecule has 0 radical (unpaired) electrons. The maximum absolute atomic E-state index is 12.5. The summed E-state index contributed by atoms with van der Waals surface area (Å²) in [7, 11) is -3.93. The maximum atomic E-state index is 12.5. The molecule has 1 atom stereocenters. The van der Waals surface area contributed by atoms with Gasteiger partial charge in [0.25, 0.3) is 0 Å². The summed E-state index contributed by atoms with van der Waals surface area (Å²) in [6.07, 6.45) is 2.65. The Labute approximate surface area is 147 Å². The second-order valence-corrected chi connectivity index (χ2v) is 7.76. The van der Waals surface area contributed by atoms with Crippen molar-refractivity contribution in [3.05, 3.63) is 47.7 Å². The lowest BCUT2D eigenvalue weighted by molar-refractivity contribution is 0.470. The number of nitrogens with zero attached hydrogens (tertiary/aromatic N) is 3. The zero-order valence-electron chi connectivity index (χ0n) is 14.7. The van der Waals surface area contributed by atoms with Gasteiger partial charge in [0.15, 0.2) is 5.65 Å². The molecule has 0 aliphatic carbocycles. The van der Waals surface area contributed by atoms with Gasteiger partial charge in [-0.3, -0.25) is 0 Å². The minimum atomic E-state index is -3.93. The molecule has 6 nitrogen and oxygen atoms in total. The molecule has 0 fully saturated rings. The molecule has 0 N–H and O–H groups in total. The second-order valence-electron chi connectivity index (χ2n) is 6.21. The zero-order valence-corrected chi connectivity index (χ0v) is 15.5. The standard InChI is InChI=1S/C18H21N3O3S/c1-5-14(4)21-18-16(11-19-21)13(3)10-17(20-18)24-25(22,23)15-8-6-12(2)7-9-15/h6-11,14H,5H2,1-4H3/t14-/m0/s1. The summed E-state index contributed by atoms with van der Waals surface area (Å²) in [5.41, 5.74) is 2.48. The molecule has 132 valence electrons. The Morgan fingerprint density at radius 3 is 2.52 bits per heavy atom. The van der Waals surface area contributed by atoms with Crippen molar-refractivity contribution < 1.29 is 12.6 Å². The van der Waals surface area contributed by atoms with Gasteiger partial charge in [-0.05, 0) is 44.9 Å². The van der Waals surface area contributed by atoms with E-state index in [1.54, 1.807) is 29.1 Å². The smallest absolute Gasteiger partial charge is 0.340 e. The van der Waals surface area contributed by atoms with Crippen LogP contribution in [0.15, 0.2) is 41.4 Å². The average molecular weight is 359 g/mol. The topological polar surface area (TPSA) is 74.1 Å². The lowest BCUT2D eigenvalue weighted by Gasteiger charge is -2.12.